The molecule has 0 aromatic rings. The smallest absolute Gasteiger partial charge is 0.216 e. The van der Waals surface area contributed by atoms with Gasteiger partial charge in [0.05, 0.1) is 0 Å². The number of carbonyl (C=O) groups excluding carboxylic acids is 1. The maximum atomic E-state index is 10.5. The van der Waals surface area contributed by atoms with E-state index in [4.69, 9.17) is 0 Å². The molecular weight excluding hydrogens is 188 g/mol. The quantitative estimate of drug-likeness (QED) is 0.659. The Bertz CT molecular complexity index is 151. The SMILES string of the molecule is C=CCN(CC)CCNC(C)=O.Cl. The second kappa shape index (κ2) is 9.55. The Hall–Kier alpha value is -0.540. The van der Waals surface area contributed by atoms with Gasteiger partial charge in [0, 0.05) is 26.6 Å². The van der Waals surface area contributed by atoms with Gasteiger partial charge in [-0.25, -0.2) is 0 Å². The second-order valence-electron chi connectivity index (χ2n) is 2.66. The first-order valence-corrected chi connectivity index (χ1v) is 4.28. The van der Waals surface area contributed by atoms with Crippen molar-refractivity contribution in [3.05, 3.63) is 12.7 Å². The molecule has 78 valence electrons. The summed E-state index contributed by atoms with van der Waals surface area (Å²) in [5, 5.41) is 2.75. The van der Waals surface area contributed by atoms with Gasteiger partial charge in [-0.05, 0) is 6.54 Å². The van der Waals surface area contributed by atoms with Gasteiger partial charge >= 0.3 is 0 Å². The normalized spacial score (nSPS) is 9.15. The summed E-state index contributed by atoms with van der Waals surface area (Å²) in [5.41, 5.74) is 0. The first kappa shape index (κ1) is 15.0. The molecule has 0 fully saturated rings. The minimum Gasteiger partial charge on any atom is -0.355 e. The Kier molecular flexibility index (Phi) is 11.0. The highest BCUT2D eigenvalue weighted by molar-refractivity contribution is 5.85. The van der Waals surface area contributed by atoms with Crippen LogP contribution in [0.25, 0.3) is 0 Å². The van der Waals surface area contributed by atoms with E-state index in [0.717, 1.165) is 26.2 Å². The maximum absolute atomic E-state index is 10.5. The molecule has 1 N–H and O–H groups in total. The van der Waals surface area contributed by atoms with E-state index in [2.05, 4.69) is 23.7 Å². The third-order valence-electron chi connectivity index (χ3n) is 1.64. The van der Waals surface area contributed by atoms with Gasteiger partial charge in [-0.2, -0.15) is 0 Å². The number of likely N-dealkylation sites (N-methyl/N-ethyl adjacent to an activating group) is 1. The average Bonchev–Trinajstić information content (AvgIpc) is 2.02. The van der Waals surface area contributed by atoms with E-state index in [1.807, 2.05) is 6.08 Å². The Morgan fingerprint density at radius 1 is 1.62 bits per heavy atom. The zero-order chi connectivity index (χ0) is 9.40. The summed E-state index contributed by atoms with van der Waals surface area (Å²) >= 11 is 0. The lowest BCUT2D eigenvalue weighted by atomic mass is 10.4. The van der Waals surface area contributed by atoms with Crippen molar-refractivity contribution in [2.75, 3.05) is 26.2 Å². The molecule has 0 rings (SSSR count). The van der Waals surface area contributed by atoms with Gasteiger partial charge in [0.2, 0.25) is 5.91 Å². The number of nitrogens with one attached hydrogen (secondary N) is 1. The predicted molar refractivity (Wildman–Crippen MR) is 58.2 cm³/mol. The number of nitrogens with zero attached hydrogens (tertiary/aromatic N) is 1. The minimum atomic E-state index is 0. The van der Waals surface area contributed by atoms with Crippen LogP contribution in [0.4, 0.5) is 0 Å². The molecule has 4 heteroatoms. The fourth-order valence-corrected chi connectivity index (χ4v) is 0.951. The Labute approximate surface area is 86.6 Å². The fraction of sp³-hybridized carbons (Fsp3) is 0.667. The van der Waals surface area contributed by atoms with Gasteiger partial charge in [0.15, 0.2) is 0 Å². The lowest BCUT2D eigenvalue weighted by Crippen LogP contribution is -2.33. The number of hydrogen-bond acceptors (Lipinski definition) is 2. The van der Waals surface area contributed by atoms with E-state index >= 15 is 0 Å². The van der Waals surface area contributed by atoms with Crippen LogP contribution in [-0.4, -0.2) is 37.0 Å². The fourth-order valence-electron chi connectivity index (χ4n) is 0.951. The lowest BCUT2D eigenvalue weighted by Gasteiger charge is -2.17. The van der Waals surface area contributed by atoms with E-state index in [0.29, 0.717) is 0 Å². The third kappa shape index (κ3) is 9.37. The van der Waals surface area contributed by atoms with Crippen molar-refractivity contribution in [2.45, 2.75) is 13.8 Å². The van der Waals surface area contributed by atoms with Gasteiger partial charge < -0.3 is 5.32 Å². The predicted octanol–water partition coefficient (Wildman–Crippen LogP) is 1.05. The molecule has 0 saturated heterocycles. The molecule has 0 spiro atoms. The van der Waals surface area contributed by atoms with Crippen molar-refractivity contribution in [3.8, 4) is 0 Å². The molecule has 0 aliphatic rings. The zero-order valence-electron chi connectivity index (χ0n) is 8.38. The van der Waals surface area contributed by atoms with Crippen LogP contribution in [0.5, 0.6) is 0 Å². The van der Waals surface area contributed by atoms with Crippen LogP contribution in [-0.2, 0) is 4.79 Å². The van der Waals surface area contributed by atoms with Gasteiger partial charge in [0.1, 0.15) is 0 Å². The van der Waals surface area contributed by atoms with E-state index in [9.17, 15) is 4.79 Å². The van der Waals surface area contributed by atoms with E-state index < -0.39 is 0 Å². The number of halogens is 1. The van der Waals surface area contributed by atoms with Crippen molar-refractivity contribution in [1.29, 1.82) is 0 Å². The largest absolute Gasteiger partial charge is 0.355 e. The summed E-state index contributed by atoms with van der Waals surface area (Å²) in [6.07, 6.45) is 1.87. The summed E-state index contributed by atoms with van der Waals surface area (Å²) < 4.78 is 0. The van der Waals surface area contributed by atoms with Crippen molar-refractivity contribution < 1.29 is 4.79 Å². The van der Waals surface area contributed by atoms with Crippen LogP contribution in [0.1, 0.15) is 13.8 Å². The third-order valence-corrected chi connectivity index (χ3v) is 1.64. The van der Waals surface area contributed by atoms with E-state index in [1.165, 1.54) is 6.92 Å². The second-order valence-corrected chi connectivity index (χ2v) is 2.66. The summed E-state index contributed by atoms with van der Waals surface area (Å²) in [6.45, 7) is 10.8. The van der Waals surface area contributed by atoms with E-state index in [-0.39, 0.29) is 18.3 Å². The van der Waals surface area contributed by atoms with Gasteiger partial charge in [-0.15, -0.1) is 19.0 Å². The first-order valence-electron chi connectivity index (χ1n) is 4.28. The topological polar surface area (TPSA) is 32.3 Å². The van der Waals surface area contributed by atoms with Crippen LogP contribution in [0.3, 0.4) is 0 Å². The van der Waals surface area contributed by atoms with Crippen LogP contribution in [0, 0.1) is 0 Å². The molecule has 0 aliphatic heterocycles. The number of carbonyl (C=O) groups is 1. The van der Waals surface area contributed by atoms with Crippen molar-refractivity contribution in [2.24, 2.45) is 0 Å². The Balaban J connectivity index is 0. The summed E-state index contributed by atoms with van der Waals surface area (Å²) in [7, 11) is 0. The monoisotopic (exact) mass is 206 g/mol. The Morgan fingerprint density at radius 2 is 2.23 bits per heavy atom. The molecule has 1 amide bonds. The molecule has 0 aromatic carbocycles. The van der Waals surface area contributed by atoms with Crippen LogP contribution in [0.2, 0.25) is 0 Å². The van der Waals surface area contributed by atoms with Crippen LogP contribution < -0.4 is 5.32 Å². The highest BCUT2D eigenvalue weighted by atomic mass is 35.5. The van der Waals surface area contributed by atoms with Gasteiger partial charge in [-0.3, -0.25) is 9.69 Å². The summed E-state index contributed by atoms with van der Waals surface area (Å²) in [4.78, 5) is 12.7. The molecule has 0 saturated carbocycles. The molecular formula is C9H19ClN2O. The highest BCUT2D eigenvalue weighted by Crippen LogP contribution is 1.85. The standard InChI is InChI=1S/C9H18N2O.ClH/c1-4-7-11(5-2)8-6-10-9(3)12;/h4H,1,5-8H2,2-3H3,(H,10,12);1H. The lowest BCUT2D eigenvalue weighted by molar-refractivity contribution is -0.119. The zero-order valence-corrected chi connectivity index (χ0v) is 9.19. The number of rotatable bonds is 6. The molecule has 0 heterocycles. The molecule has 0 bridgehead atoms. The van der Waals surface area contributed by atoms with E-state index in [1.54, 1.807) is 0 Å². The summed E-state index contributed by atoms with van der Waals surface area (Å²) in [5.74, 6) is 0.0321. The molecule has 0 aromatic heterocycles. The van der Waals surface area contributed by atoms with Crippen LogP contribution >= 0.6 is 12.4 Å². The molecule has 13 heavy (non-hydrogen) atoms. The first-order chi connectivity index (χ1) is 5.70. The molecule has 3 nitrogen and oxygen atoms in total. The molecule has 0 atom stereocenters. The molecule has 0 unspecified atom stereocenters. The average molecular weight is 207 g/mol. The molecule has 0 aliphatic carbocycles. The van der Waals surface area contributed by atoms with Crippen molar-refractivity contribution in [1.82, 2.24) is 10.2 Å². The minimum absolute atomic E-state index is 0. The maximum Gasteiger partial charge on any atom is 0.216 e. The van der Waals surface area contributed by atoms with Crippen LogP contribution in [0.15, 0.2) is 12.7 Å². The number of hydrogen-bond donors (Lipinski definition) is 1. The molecule has 0 radical (unpaired) electrons. The highest BCUT2D eigenvalue weighted by Gasteiger charge is 1.98. The number of amides is 1. The summed E-state index contributed by atoms with van der Waals surface area (Å²) in [6, 6.07) is 0. The van der Waals surface area contributed by atoms with Gasteiger partial charge in [0.25, 0.3) is 0 Å². The van der Waals surface area contributed by atoms with Crippen molar-refractivity contribution in [3.63, 3.8) is 0 Å². The van der Waals surface area contributed by atoms with Crippen molar-refractivity contribution >= 4 is 18.3 Å². The van der Waals surface area contributed by atoms with Gasteiger partial charge in [-0.1, -0.05) is 13.0 Å². The Morgan fingerprint density at radius 3 is 2.62 bits per heavy atom.